The zero-order chi connectivity index (χ0) is 20.7. The molecule has 0 spiro atoms. The third-order valence-corrected chi connectivity index (χ3v) is 6.74. The third kappa shape index (κ3) is 3.36. The molecular formula is C26H26N3O+. The average Bonchev–Trinajstić information content (AvgIpc) is 2.75. The number of rotatable bonds is 3. The number of aromatic nitrogens is 1. The average molecular weight is 397 g/mol. The minimum Gasteiger partial charge on any atom is -0.330 e. The van der Waals surface area contributed by atoms with Gasteiger partial charge in [-0.1, -0.05) is 36.4 Å². The van der Waals surface area contributed by atoms with E-state index in [1.165, 1.54) is 17.7 Å². The van der Waals surface area contributed by atoms with Crippen LogP contribution in [0.3, 0.4) is 0 Å². The van der Waals surface area contributed by atoms with Crippen LogP contribution in [-0.4, -0.2) is 17.7 Å². The molecule has 150 valence electrons. The summed E-state index contributed by atoms with van der Waals surface area (Å²) in [5.41, 5.74) is 6.29. The van der Waals surface area contributed by atoms with E-state index in [1.807, 2.05) is 47.0 Å². The van der Waals surface area contributed by atoms with Crippen LogP contribution in [-0.2, 0) is 13.1 Å². The lowest BCUT2D eigenvalue weighted by molar-refractivity contribution is -0.924. The summed E-state index contributed by atoms with van der Waals surface area (Å²) < 4.78 is 2.05. The third-order valence-electron chi connectivity index (χ3n) is 6.74. The van der Waals surface area contributed by atoms with Crippen LogP contribution >= 0.6 is 0 Å². The highest BCUT2D eigenvalue weighted by atomic mass is 16.1. The molecular weight excluding hydrogens is 370 g/mol. The van der Waals surface area contributed by atoms with Gasteiger partial charge < -0.3 is 9.47 Å². The van der Waals surface area contributed by atoms with Crippen LogP contribution in [0.4, 0.5) is 0 Å². The summed E-state index contributed by atoms with van der Waals surface area (Å²) in [6.07, 6.45) is 1.17. The highest BCUT2D eigenvalue weighted by molar-refractivity contribution is 5.66. The number of aryl methyl sites for hydroxylation is 1. The van der Waals surface area contributed by atoms with Gasteiger partial charge in [-0.05, 0) is 48.7 Å². The van der Waals surface area contributed by atoms with Crippen molar-refractivity contribution < 1.29 is 4.90 Å². The number of benzene rings is 2. The Morgan fingerprint density at radius 3 is 2.77 bits per heavy atom. The van der Waals surface area contributed by atoms with E-state index in [-0.39, 0.29) is 5.56 Å². The summed E-state index contributed by atoms with van der Waals surface area (Å²) in [4.78, 5) is 14.9. The molecule has 1 N–H and O–H groups in total. The second kappa shape index (κ2) is 7.59. The monoisotopic (exact) mass is 396 g/mol. The number of piperidine rings is 1. The highest BCUT2D eigenvalue weighted by Crippen LogP contribution is 2.32. The Kier molecular flexibility index (Phi) is 4.77. The van der Waals surface area contributed by atoms with Crippen LogP contribution < -0.4 is 10.5 Å². The van der Waals surface area contributed by atoms with E-state index in [0.29, 0.717) is 11.8 Å². The Morgan fingerprint density at radius 1 is 1.07 bits per heavy atom. The lowest BCUT2D eigenvalue weighted by Crippen LogP contribution is -3.13. The van der Waals surface area contributed by atoms with Crippen LogP contribution in [0.5, 0.6) is 0 Å². The molecule has 3 aromatic rings. The van der Waals surface area contributed by atoms with E-state index < -0.39 is 0 Å². The van der Waals surface area contributed by atoms with Gasteiger partial charge in [-0.25, -0.2) is 0 Å². The maximum absolute atomic E-state index is 13.4. The van der Waals surface area contributed by atoms with Crippen LogP contribution in [0.2, 0.25) is 0 Å². The van der Waals surface area contributed by atoms with Gasteiger partial charge >= 0.3 is 0 Å². The second-order valence-electron chi connectivity index (χ2n) is 8.85. The molecule has 3 heterocycles. The van der Waals surface area contributed by atoms with Gasteiger partial charge in [0.1, 0.15) is 6.54 Å². The summed E-state index contributed by atoms with van der Waals surface area (Å²) in [6, 6.07) is 22.5. The number of hydrogen-bond donors (Lipinski definition) is 1. The summed E-state index contributed by atoms with van der Waals surface area (Å²) in [5.74, 6) is 0.945. The van der Waals surface area contributed by atoms with Gasteiger partial charge in [-0.3, -0.25) is 4.79 Å². The lowest BCUT2D eigenvalue weighted by atomic mass is 9.82. The van der Waals surface area contributed by atoms with Gasteiger partial charge in [0.15, 0.2) is 0 Å². The number of fused-ring (bicyclic) bond motifs is 4. The minimum absolute atomic E-state index is 0.154. The van der Waals surface area contributed by atoms with Crippen LogP contribution in [0, 0.1) is 24.2 Å². The first-order valence-electron chi connectivity index (χ1n) is 10.7. The number of nitriles is 1. The maximum atomic E-state index is 13.4. The molecule has 1 unspecified atom stereocenters. The molecule has 0 radical (unpaired) electrons. The van der Waals surface area contributed by atoms with Crippen molar-refractivity contribution in [1.82, 2.24) is 4.57 Å². The van der Waals surface area contributed by atoms with Crippen molar-refractivity contribution >= 4 is 0 Å². The van der Waals surface area contributed by atoms with Crippen molar-refractivity contribution in [2.45, 2.75) is 32.4 Å². The predicted octanol–water partition coefficient (Wildman–Crippen LogP) is 2.90. The fourth-order valence-corrected chi connectivity index (χ4v) is 5.43. The van der Waals surface area contributed by atoms with Gasteiger partial charge in [0, 0.05) is 35.2 Å². The first kappa shape index (κ1) is 18.8. The lowest BCUT2D eigenvalue weighted by Gasteiger charge is -2.40. The van der Waals surface area contributed by atoms with Crippen molar-refractivity contribution in [3.63, 3.8) is 0 Å². The van der Waals surface area contributed by atoms with Crippen molar-refractivity contribution in [3.8, 4) is 17.2 Å². The molecule has 4 heteroatoms. The Balaban J connectivity index is 1.43. The van der Waals surface area contributed by atoms with E-state index in [2.05, 4.69) is 31.2 Å². The van der Waals surface area contributed by atoms with Crippen LogP contribution in [0.25, 0.3) is 11.1 Å². The topological polar surface area (TPSA) is 50.2 Å². The van der Waals surface area contributed by atoms with Gasteiger partial charge in [0.05, 0.1) is 24.7 Å². The Bertz CT molecular complexity index is 1200. The van der Waals surface area contributed by atoms with E-state index in [9.17, 15) is 4.79 Å². The molecule has 2 aliphatic rings. The first-order chi connectivity index (χ1) is 14.6. The summed E-state index contributed by atoms with van der Waals surface area (Å²) in [7, 11) is 0. The number of nitrogens with one attached hydrogen (secondary N) is 1. The van der Waals surface area contributed by atoms with Crippen molar-refractivity contribution in [3.05, 3.63) is 93.4 Å². The van der Waals surface area contributed by atoms with Gasteiger partial charge in [-0.15, -0.1) is 0 Å². The normalized spacial score (nSPS) is 22.2. The molecule has 4 nitrogen and oxygen atoms in total. The Hall–Kier alpha value is -3.16. The number of quaternary nitrogens is 1. The maximum Gasteiger partial charge on any atom is 0.258 e. The Morgan fingerprint density at radius 2 is 1.93 bits per heavy atom. The van der Waals surface area contributed by atoms with E-state index in [0.717, 1.165) is 48.4 Å². The second-order valence-corrected chi connectivity index (χ2v) is 8.85. The highest BCUT2D eigenvalue weighted by Gasteiger charge is 2.37. The van der Waals surface area contributed by atoms with Crippen molar-refractivity contribution in [2.75, 3.05) is 13.1 Å². The van der Waals surface area contributed by atoms with Gasteiger partial charge in [0.2, 0.25) is 0 Å². The smallest absolute Gasteiger partial charge is 0.258 e. The summed E-state index contributed by atoms with van der Waals surface area (Å²) in [6.45, 7) is 5.93. The van der Waals surface area contributed by atoms with Crippen molar-refractivity contribution in [1.29, 1.82) is 5.26 Å². The molecule has 0 saturated carbocycles. The first-order valence-corrected chi connectivity index (χ1v) is 10.7. The molecule has 2 aromatic carbocycles. The Labute approximate surface area is 177 Å². The zero-order valence-electron chi connectivity index (χ0n) is 17.3. The molecule has 2 aliphatic heterocycles. The minimum atomic E-state index is 0.154. The molecule has 0 aliphatic carbocycles. The molecule has 1 aromatic heterocycles. The molecule has 30 heavy (non-hydrogen) atoms. The molecule has 3 atom stereocenters. The molecule has 0 amide bonds. The summed E-state index contributed by atoms with van der Waals surface area (Å²) >= 11 is 0. The van der Waals surface area contributed by atoms with E-state index >= 15 is 0 Å². The molecule has 1 fully saturated rings. The van der Waals surface area contributed by atoms with Gasteiger partial charge in [-0.2, -0.15) is 5.26 Å². The SMILES string of the molecule is Cc1ccccc1-c1ccc2n(c1=O)C[C@H]1C[C@@H]2C[NH+](Cc2cccc(C#N)c2)C1. The fraction of sp³-hybridized carbons (Fsp3) is 0.308. The number of likely N-dealkylation sites (tertiary alicyclic amines) is 1. The number of nitrogens with zero attached hydrogens (tertiary/aromatic N) is 2. The standard InChI is InChI=1S/C26H25N3O/c1-18-5-2-3-8-23(18)24-9-10-25-22-12-21(16-29(25)26(24)30)15-28(17-22)14-20-7-4-6-19(11-20)13-27/h2-11,21-22H,12,14-17H2,1H3/p+1/t21-,22+/m0/s1. The molecule has 2 bridgehead atoms. The zero-order valence-corrected chi connectivity index (χ0v) is 17.3. The molecule has 1 saturated heterocycles. The fourth-order valence-electron chi connectivity index (χ4n) is 5.43. The predicted molar refractivity (Wildman–Crippen MR) is 117 cm³/mol. The molecule has 5 rings (SSSR count). The largest absolute Gasteiger partial charge is 0.330 e. The quantitative estimate of drug-likeness (QED) is 0.740. The van der Waals surface area contributed by atoms with Gasteiger partial charge in [0.25, 0.3) is 5.56 Å². The van der Waals surface area contributed by atoms with Crippen molar-refractivity contribution in [2.24, 2.45) is 5.92 Å². The number of pyridine rings is 1. The van der Waals surface area contributed by atoms with Crippen LogP contribution in [0.15, 0.2) is 65.5 Å². The summed E-state index contributed by atoms with van der Waals surface area (Å²) in [5, 5.41) is 9.17. The van der Waals surface area contributed by atoms with E-state index in [4.69, 9.17) is 5.26 Å². The van der Waals surface area contributed by atoms with Crippen LogP contribution in [0.1, 0.15) is 34.7 Å². The van der Waals surface area contributed by atoms with E-state index in [1.54, 1.807) is 4.90 Å². The number of hydrogen-bond acceptors (Lipinski definition) is 2.